The topological polar surface area (TPSA) is 21.3 Å². The molecule has 2 rings (SSSR count). The highest BCUT2D eigenvalue weighted by molar-refractivity contribution is 5.41. The number of nitrogens with one attached hydrogen (secondary N) is 1. The maximum absolute atomic E-state index is 6.51. The highest BCUT2D eigenvalue weighted by Gasteiger charge is 2.26. The van der Waals surface area contributed by atoms with Gasteiger partial charge in [0.1, 0.15) is 11.9 Å². The smallest absolute Gasteiger partial charge is 0.127 e. The molecule has 1 N–H and O–H groups in total. The predicted octanol–water partition coefficient (Wildman–Crippen LogP) is 4.84. The minimum Gasteiger partial charge on any atom is -0.490 e. The van der Waals surface area contributed by atoms with E-state index in [0.29, 0.717) is 6.10 Å². The van der Waals surface area contributed by atoms with Gasteiger partial charge in [-0.2, -0.15) is 0 Å². The summed E-state index contributed by atoms with van der Waals surface area (Å²) in [5.74, 6) is 1.86. The summed E-state index contributed by atoms with van der Waals surface area (Å²) in [6, 6.07) is 6.51. The number of rotatable bonds is 7. The van der Waals surface area contributed by atoms with Crippen LogP contribution in [0.2, 0.25) is 0 Å². The number of para-hydroxylation sites is 1. The molecule has 0 heterocycles. The number of aryl methyl sites for hydroxylation is 1. The zero-order valence-corrected chi connectivity index (χ0v) is 14.0. The zero-order valence-electron chi connectivity index (χ0n) is 14.0. The van der Waals surface area contributed by atoms with Gasteiger partial charge in [-0.15, -0.1) is 0 Å². The van der Waals surface area contributed by atoms with Crippen molar-refractivity contribution in [1.82, 2.24) is 5.32 Å². The van der Waals surface area contributed by atoms with Crippen LogP contribution in [0, 0.1) is 12.8 Å². The third kappa shape index (κ3) is 4.47. The molecular formula is C19H31NO. The van der Waals surface area contributed by atoms with Gasteiger partial charge in [0.15, 0.2) is 0 Å². The number of benzene rings is 1. The van der Waals surface area contributed by atoms with Gasteiger partial charge in [-0.1, -0.05) is 38.5 Å². The van der Waals surface area contributed by atoms with Crippen LogP contribution in [0.3, 0.4) is 0 Å². The molecule has 1 aliphatic carbocycles. The Balaban J connectivity index is 2.09. The first-order valence-corrected chi connectivity index (χ1v) is 8.72. The van der Waals surface area contributed by atoms with E-state index in [1.807, 2.05) is 0 Å². The molecule has 1 aromatic rings. The number of ether oxygens (including phenoxy) is 1. The van der Waals surface area contributed by atoms with Crippen molar-refractivity contribution in [2.75, 3.05) is 6.54 Å². The standard InChI is InChI=1S/C19H31NO/c1-4-13-20-14-17-11-8-9-15(3)19(17)21-18-12-7-6-10-16(18)5-2/h8-9,11,16,18,20H,4-7,10,12-14H2,1-3H3. The SMILES string of the molecule is CCCNCc1cccc(C)c1OC1CCCCC1CC. The van der Waals surface area contributed by atoms with Gasteiger partial charge in [0.05, 0.1) is 0 Å². The lowest BCUT2D eigenvalue weighted by atomic mass is 9.84. The van der Waals surface area contributed by atoms with E-state index in [1.54, 1.807) is 0 Å². The first-order valence-electron chi connectivity index (χ1n) is 8.72. The monoisotopic (exact) mass is 289 g/mol. The summed E-state index contributed by atoms with van der Waals surface area (Å²) in [6.45, 7) is 8.65. The Morgan fingerprint density at radius 3 is 2.76 bits per heavy atom. The van der Waals surface area contributed by atoms with Crippen LogP contribution in [0.4, 0.5) is 0 Å². The Morgan fingerprint density at radius 1 is 1.19 bits per heavy atom. The first kappa shape index (κ1) is 16.4. The summed E-state index contributed by atoms with van der Waals surface area (Å²) in [7, 11) is 0. The van der Waals surface area contributed by atoms with Crippen molar-refractivity contribution >= 4 is 0 Å². The number of hydrogen-bond donors (Lipinski definition) is 1. The summed E-state index contributed by atoms with van der Waals surface area (Å²) >= 11 is 0. The minimum atomic E-state index is 0.412. The molecule has 1 fully saturated rings. The molecule has 2 nitrogen and oxygen atoms in total. The van der Waals surface area contributed by atoms with Gasteiger partial charge in [-0.25, -0.2) is 0 Å². The highest BCUT2D eigenvalue weighted by Crippen LogP contribution is 2.33. The maximum Gasteiger partial charge on any atom is 0.127 e. The normalized spacial score (nSPS) is 22.2. The summed E-state index contributed by atoms with van der Waals surface area (Å²) < 4.78 is 6.51. The highest BCUT2D eigenvalue weighted by atomic mass is 16.5. The summed E-state index contributed by atoms with van der Waals surface area (Å²) in [6.07, 6.45) is 8.05. The van der Waals surface area contributed by atoms with Crippen LogP contribution in [0.25, 0.3) is 0 Å². The fourth-order valence-electron chi connectivity index (χ4n) is 3.37. The second kappa shape index (κ2) is 8.43. The van der Waals surface area contributed by atoms with Gasteiger partial charge >= 0.3 is 0 Å². The Hall–Kier alpha value is -1.02. The van der Waals surface area contributed by atoms with Gasteiger partial charge in [0, 0.05) is 12.1 Å². The van der Waals surface area contributed by atoms with Crippen LogP contribution in [0.1, 0.15) is 63.5 Å². The van der Waals surface area contributed by atoms with Crippen molar-refractivity contribution < 1.29 is 4.74 Å². The zero-order chi connectivity index (χ0) is 15.1. The average molecular weight is 289 g/mol. The molecule has 2 heteroatoms. The predicted molar refractivity (Wildman–Crippen MR) is 89.8 cm³/mol. The molecule has 1 aliphatic rings. The van der Waals surface area contributed by atoms with Gasteiger partial charge in [-0.3, -0.25) is 0 Å². The Bertz CT molecular complexity index is 430. The maximum atomic E-state index is 6.51. The van der Waals surface area contributed by atoms with E-state index >= 15 is 0 Å². The molecule has 0 radical (unpaired) electrons. The van der Waals surface area contributed by atoms with Crippen LogP contribution in [0.15, 0.2) is 18.2 Å². The van der Waals surface area contributed by atoms with Gasteiger partial charge < -0.3 is 10.1 Å². The summed E-state index contributed by atoms with van der Waals surface area (Å²) in [4.78, 5) is 0. The molecule has 0 saturated heterocycles. The fourth-order valence-corrected chi connectivity index (χ4v) is 3.37. The van der Waals surface area contributed by atoms with Crippen LogP contribution in [-0.2, 0) is 6.54 Å². The number of hydrogen-bond acceptors (Lipinski definition) is 2. The van der Waals surface area contributed by atoms with Crippen LogP contribution in [0.5, 0.6) is 5.75 Å². The first-order chi connectivity index (χ1) is 10.3. The fraction of sp³-hybridized carbons (Fsp3) is 0.684. The van der Waals surface area contributed by atoms with Crippen molar-refractivity contribution in [3.05, 3.63) is 29.3 Å². The quantitative estimate of drug-likeness (QED) is 0.725. The molecule has 2 atom stereocenters. The van der Waals surface area contributed by atoms with E-state index in [1.165, 1.54) is 49.7 Å². The largest absolute Gasteiger partial charge is 0.490 e. The van der Waals surface area contributed by atoms with E-state index in [4.69, 9.17) is 4.74 Å². The Labute approximate surface area is 130 Å². The summed E-state index contributed by atoms with van der Waals surface area (Å²) in [5, 5.41) is 3.50. The summed E-state index contributed by atoms with van der Waals surface area (Å²) in [5.41, 5.74) is 2.58. The molecule has 118 valence electrons. The van der Waals surface area contributed by atoms with E-state index in [-0.39, 0.29) is 0 Å². The van der Waals surface area contributed by atoms with Crippen LogP contribution < -0.4 is 10.1 Å². The third-order valence-corrected chi connectivity index (χ3v) is 4.67. The van der Waals surface area contributed by atoms with E-state index < -0.39 is 0 Å². The molecular weight excluding hydrogens is 258 g/mol. The van der Waals surface area contributed by atoms with Crippen molar-refractivity contribution in [1.29, 1.82) is 0 Å². The molecule has 0 bridgehead atoms. The molecule has 0 aliphatic heterocycles. The lowest BCUT2D eigenvalue weighted by Gasteiger charge is -2.32. The van der Waals surface area contributed by atoms with Crippen LogP contribution in [-0.4, -0.2) is 12.6 Å². The van der Waals surface area contributed by atoms with Crippen LogP contribution >= 0.6 is 0 Å². The molecule has 0 spiro atoms. The average Bonchev–Trinajstić information content (AvgIpc) is 2.51. The van der Waals surface area contributed by atoms with Gasteiger partial charge in [0.2, 0.25) is 0 Å². The van der Waals surface area contributed by atoms with Crippen molar-refractivity contribution in [3.8, 4) is 5.75 Å². The third-order valence-electron chi connectivity index (χ3n) is 4.67. The van der Waals surface area contributed by atoms with Gasteiger partial charge in [-0.05, 0) is 57.1 Å². The molecule has 21 heavy (non-hydrogen) atoms. The van der Waals surface area contributed by atoms with Crippen molar-refractivity contribution in [3.63, 3.8) is 0 Å². The Morgan fingerprint density at radius 2 is 2.00 bits per heavy atom. The van der Waals surface area contributed by atoms with E-state index in [2.05, 4.69) is 44.3 Å². The second-order valence-corrected chi connectivity index (χ2v) is 6.35. The van der Waals surface area contributed by atoms with Gasteiger partial charge in [0.25, 0.3) is 0 Å². The van der Waals surface area contributed by atoms with Crippen molar-refractivity contribution in [2.45, 2.75) is 71.9 Å². The molecule has 2 unspecified atom stereocenters. The minimum absolute atomic E-state index is 0.412. The second-order valence-electron chi connectivity index (χ2n) is 6.35. The lowest BCUT2D eigenvalue weighted by molar-refractivity contribution is 0.0886. The molecule has 0 amide bonds. The molecule has 0 aromatic heterocycles. The lowest BCUT2D eigenvalue weighted by Crippen LogP contribution is -2.30. The molecule has 1 aromatic carbocycles. The Kier molecular flexibility index (Phi) is 6.56. The molecule has 1 saturated carbocycles. The van der Waals surface area contributed by atoms with Crippen molar-refractivity contribution in [2.24, 2.45) is 5.92 Å². The van der Waals surface area contributed by atoms with E-state index in [0.717, 1.165) is 24.8 Å². The van der Waals surface area contributed by atoms with E-state index in [9.17, 15) is 0 Å².